The number of halogens is 3. The van der Waals surface area contributed by atoms with E-state index in [-0.39, 0.29) is 6.54 Å². The number of amides is 1. The highest BCUT2D eigenvalue weighted by atomic mass is 19.4. The summed E-state index contributed by atoms with van der Waals surface area (Å²) in [5.41, 5.74) is 4.01. The van der Waals surface area contributed by atoms with Gasteiger partial charge in [-0.25, -0.2) is 0 Å². The minimum absolute atomic E-state index is 0.376. The van der Waals surface area contributed by atoms with Gasteiger partial charge >= 0.3 is 6.18 Å². The van der Waals surface area contributed by atoms with E-state index in [4.69, 9.17) is 10.8 Å². The molecular weight excluding hydrogens is 213 g/mol. The molecule has 3 N–H and O–H groups in total. The number of nitrogens with two attached hydrogens (primary N) is 1. The predicted molar refractivity (Wildman–Crippen MR) is 48.0 cm³/mol. The standard InChI is InChI=1S/C8H15F3N2O2/c1-7(2,12)6(15)13(3-4-14)5-8(9,10)11/h14H,3-5,12H2,1-2H3. The van der Waals surface area contributed by atoms with E-state index in [1.54, 1.807) is 0 Å². The first-order chi connectivity index (χ1) is 6.58. The average molecular weight is 228 g/mol. The predicted octanol–water partition coefficient (Wildman–Crippen LogP) is 0.107. The summed E-state index contributed by atoms with van der Waals surface area (Å²) in [5, 5.41) is 8.55. The number of hydrogen-bond acceptors (Lipinski definition) is 3. The van der Waals surface area contributed by atoms with Crippen molar-refractivity contribution in [2.45, 2.75) is 25.6 Å². The van der Waals surface area contributed by atoms with E-state index in [1.807, 2.05) is 0 Å². The zero-order valence-electron chi connectivity index (χ0n) is 8.64. The van der Waals surface area contributed by atoms with Gasteiger partial charge in [-0.05, 0) is 13.8 Å². The summed E-state index contributed by atoms with van der Waals surface area (Å²) >= 11 is 0. The summed E-state index contributed by atoms with van der Waals surface area (Å²) in [7, 11) is 0. The van der Waals surface area contributed by atoms with Gasteiger partial charge in [0.25, 0.3) is 0 Å². The van der Waals surface area contributed by atoms with E-state index < -0.39 is 30.8 Å². The minimum atomic E-state index is -4.49. The second-order valence-corrected chi connectivity index (χ2v) is 3.79. The Morgan fingerprint density at radius 1 is 1.40 bits per heavy atom. The van der Waals surface area contributed by atoms with Crippen molar-refractivity contribution in [1.29, 1.82) is 0 Å². The smallest absolute Gasteiger partial charge is 0.395 e. The lowest BCUT2D eigenvalue weighted by atomic mass is 10.1. The van der Waals surface area contributed by atoms with Crippen LogP contribution in [0.5, 0.6) is 0 Å². The molecule has 1 amide bonds. The number of aliphatic hydroxyl groups excluding tert-OH is 1. The van der Waals surface area contributed by atoms with Gasteiger partial charge in [-0.2, -0.15) is 13.2 Å². The van der Waals surface area contributed by atoms with Gasteiger partial charge in [0, 0.05) is 6.54 Å². The summed E-state index contributed by atoms with van der Waals surface area (Å²) < 4.78 is 36.2. The summed E-state index contributed by atoms with van der Waals surface area (Å²) in [4.78, 5) is 11.9. The highest BCUT2D eigenvalue weighted by molar-refractivity contribution is 5.85. The molecule has 0 saturated carbocycles. The number of alkyl halides is 3. The molecule has 0 aliphatic rings. The number of aliphatic hydroxyl groups is 1. The molecule has 0 aliphatic carbocycles. The van der Waals surface area contributed by atoms with Crippen LogP contribution in [0.2, 0.25) is 0 Å². The van der Waals surface area contributed by atoms with Gasteiger partial charge in [-0.3, -0.25) is 4.79 Å². The van der Waals surface area contributed by atoms with Crippen LogP contribution in [0.3, 0.4) is 0 Å². The minimum Gasteiger partial charge on any atom is -0.395 e. The maximum atomic E-state index is 12.1. The van der Waals surface area contributed by atoms with E-state index >= 15 is 0 Å². The Bertz CT molecular complexity index is 223. The fourth-order valence-corrected chi connectivity index (χ4v) is 0.997. The number of hydrogen-bond donors (Lipinski definition) is 2. The molecule has 0 heterocycles. The van der Waals surface area contributed by atoms with Crippen LogP contribution >= 0.6 is 0 Å². The number of carbonyl (C=O) groups excluding carboxylic acids is 1. The van der Waals surface area contributed by atoms with Crippen molar-refractivity contribution < 1.29 is 23.1 Å². The highest BCUT2D eigenvalue weighted by Gasteiger charge is 2.36. The third kappa shape index (κ3) is 5.58. The van der Waals surface area contributed by atoms with Crippen molar-refractivity contribution in [2.75, 3.05) is 19.7 Å². The zero-order valence-corrected chi connectivity index (χ0v) is 8.64. The van der Waals surface area contributed by atoms with E-state index in [0.717, 1.165) is 0 Å². The van der Waals surface area contributed by atoms with Gasteiger partial charge in [-0.15, -0.1) is 0 Å². The van der Waals surface area contributed by atoms with E-state index in [0.29, 0.717) is 4.90 Å². The zero-order chi connectivity index (χ0) is 12.3. The molecule has 0 radical (unpaired) electrons. The maximum absolute atomic E-state index is 12.1. The second kappa shape index (κ2) is 4.80. The fourth-order valence-electron chi connectivity index (χ4n) is 0.997. The van der Waals surface area contributed by atoms with E-state index in [9.17, 15) is 18.0 Å². The molecular formula is C8H15F3N2O2. The first-order valence-corrected chi connectivity index (χ1v) is 4.34. The quantitative estimate of drug-likeness (QED) is 0.717. The summed E-state index contributed by atoms with van der Waals surface area (Å²) in [6.07, 6.45) is -4.49. The van der Waals surface area contributed by atoms with E-state index in [2.05, 4.69) is 0 Å². The van der Waals surface area contributed by atoms with Gasteiger partial charge in [0.1, 0.15) is 6.54 Å². The van der Waals surface area contributed by atoms with Crippen molar-refractivity contribution in [1.82, 2.24) is 4.90 Å². The average Bonchev–Trinajstić information content (AvgIpc) is 1.98. The molecule has 0 aromatic rings. The van der Waals surface area contributed by atoms with Crippen LogP contribution in [0, 0.1) is 0 Å². The third-order valence-corrected chi connectivity index (χ3v) is 1.58. The molecule has 0 aromatic heterocycles. The van der Waals surface area contributed by atoms with Crippen LogP contribution in [0.15, 0.2) is 0 Å². The lowest BCUT2D eigenvalue weighted by Crippen LogP contribution is -2.54. The molecule has 0 rings (SSSR count). The van der Waals surface area contributed by atoms with Crippen molar-refractivity contribution >= 4 is 5.91 Å². The van der Waals surface area contributed by atoms with Crippen LogP contribution in [-0.2, 0) is 4.79 Å². The molecule has 0 fully saturated rings. The van der Waals surface area contributed by atoms with Crippen molar-refractivity contribution in [3.05, 3.63) is 0 Å². The fraction of sp³-hybridized carbons (Fsp3) is 0.875. The largest absolute Gasteiger partial charge is 0.406 e. The molecule has 0 unspecified atom stereocenters. The maximum Gasteiger partial charge on any atom is 0.406 e. The number of carbonyl (C=O) groups is 1. The topological polar surface area (TPSA) is 66.6 Å². The summed E-state index contributed by atoms with van der Waals surface area (Å²) in [6, 6.07) is 0. The van der Waals surface area contributed by atoms with Gasteiger partial charge in [0.05, 0.1) is 12.1 Å². The van der Waals surface area contributed by atoms with Crippen LogP contribution in [-0.4, -0.2) is 47.3 Å². The SMILES string of the molecule is CC(C)(N)C(=O)N(CCO)CC(F)(F)F. The molecule has 90 valence electrons. The first-order valence-electron chi connectivity index (χ1n) is 4.34. The Balaban J connectivity index is 4.60. The summed E-state index contributed by atoms with van der Waals surface area (Å²) in [6.45, 7) is 0.329. The number of nitrogens with zero attached hydrogens (tertiary/aromatic N) is 1. The molecule has 0 spiro atoms. The molecule has 15 heavy (non-hydrogen) atoms. The van der Waals surface area contributed by atoms with Crippen LogP contribution in [0.25, 0.3) is 0 Å². The molecule has 4 nitrogen and oxygen atoms in total. The number of rotatable bonds is 4. The summed E-state index contributed by atoms with van der Waals surface area (Å²) in [5.74, 6) is -0.839. The second-order valence-electron chi connectivity index (χ2n) is 3.79. The van der Waals surface area contributed by atoms with Crippen molar-refractivity contribution in [2.24, 2.45) is 5.73 Å². The van der Waals surface area contributed by atoms with Crippen LogP contribution < -0.4 is 5.73 Å². The normalized spacial score (nSPS) is 12.7. The van der Waals surface area contributed by atoms with Gasteiger partial charge in [-0.1, -0.05) is 0 Å². The van der Waals surface area contributed by atoms with Crippen molar-refractivity contribution in [3.63, 3.8) is 0 Å². The third-order valence-electron chi connectivity index (χ3n) is 1.58. The monoisotopic (exact) mass is 228 g/mol. The highest BCUT2D eigenvalue weighted by Crippen LogP contribution is 2.18. The van der Waals surface area contributed by atoms with Crippen molar-refractivity contribution in [3.8, 4) is 0 Å². The Labute approximate surface area is 85.8 Å². The lowest BCUT2D eigenvalue weighted by molar-refractivity contribution is -0.164. The lowest BCUT2D eigenvalue weighted by Gasteiger charge is -2.29. The molecule has 7 heteroatoms. The molecule has 0 aromatic carbocycles. The van der Waals surface area contributed by atoms with Gasteiger partial charge < -0.3 is 15.7 Å². The molecule has 0 saturated heterocycles. The Hall–Kier alpha value is -0.820. The van der Waals surface area contributed by atoms with Gasteiger partial charge in [0.2, 0.25) is 5.91 Å². The molecule has 0 bridgehead atoms. The first kappa shape index (κ1) is 14.2. The Morgan fingerprint density at radius 2 is 1.87 bits per heavy atom. The van der Waals surface area contributed by atoms with E-state index in [1.165, 1.54) is 13.8 Å². The van der Waals surface area contributed by atoms with Gasteiger partial charge in [0.15, 0.2) is 0 Å². The van der Waals surface area contributed by atoms with Crippen LogP contribution in [0.4, 0.5) is 13.2 Å². The molecule has 0 atom stereocenters. The molecule has 0 aliphatic heterocycles. The van der Waals surface area contributed by atoms with Crippen LogP contribution in [0.1, 0.15) is 13.8 Å². The Kier molecular flexibility index (Phi) is 4.54. The Morgan fingerprint density at radius 3 is 2.13 bits per heavy atom.